The molecule has 0 radical (unpaired) electrons. The van der Waals surface area contributed by atoms with Crippen molar-refractivity contribution in [1.29, 1.82) is 0 Å². The lowest BCUT2D eigenvalue weighted by Crippen LogP contribution is -2.51. The molecular weight excluding hydrogens is 388 g/mol. The van der Waals surface area contributed by atoms with E-state index in [1.54, 1.807) is 30.3 Å². The molecule has 1 aliphatic heterocycles. The number of halogens is 1. The Morgan fingerprint density at radius 2 is 1.70 bits per heavy atom. The van der Waals surface area contributed by atoms with Gasteiger partial charge in [0.2, 0.25) is 0 Å². The van der Waals surface area contributed by atoms with E-state index in [1.807, 2.05) is 12.1 Å². The quantitative estimate of drug-likeness (QED) is 0.457. The van der Waals surface area contributed by atoms with E-state index in [9.17, 15) is 9.59 Å². The minimum Gasteiger partial charge on any atom is -0.493 e. The average Bonchev–Trinajstić information content (AvgIpc) is 2.64. The number of nitrogens with one attached hydrogen (secondary N) is 2. The summed E-state index contributed by atoms with van der Waals surface area (Å²) in [5.74, 6) is -0.0876. The minimum absolute atomic E-state index is 0.00863. The topological polar surface area (TPSA) is 76.7 Å². The molecule has 0 bridgehead atoms. The molecule has 1 heterocycles. The molecule has 0 spiro atoms. The molecular formula is C19H15ClN2O4S. The Kier molecular flexibility index (Phi) is 5.73. The Labute approximate surface area is 166 Å². The van der Waals surface area contributed by atoms with Gasteiger partial charge in [0.05, 0.1) is 7.11 Å². The van der Waals surface area contributed by atoms with Gasteiger partial charge in [-0.3, -0.25) is 20.2 Å². The van der Waals surface area contributed by atoms with E-state index in [0.717, 1.165) is 5.56 Å². The third-order valence-corrected chi connectivity index (χ3v) is 4.21. The van der Waals surface area contributed by atoms with Crippen LogP contribution in [0.25, 0.3) is 6.08 Å². The van der Waals surface area contributed by atoms with Crippen LogP contribution in [0.2, 0.25) is 5.02 Å². The van der Waals surface area contributed by atoms with Crippen molar-refractivity contribution in [3.05, 3.63) is 64.2 Å². The predicted octanol–water partition coefficient (Wildman–Crippen LogP) is 2.84. The van der Waals surface area contributed by atoms with Crippen LogP contribution < -0.4 is 20.1 Å². The molecule has 2 aromatic rings. The lowest BCUT2D eigenvalue weighted by atomic mass is 10.1. The second kappa shape index (κ2) is 8.20. The second-order valence-corrected chi connectivity index (χ2v) is 6.47. The highest BCUT2D eigenvalue weighted by molar-refractivity contribution is 7.80. The van der Waals surface area contributed by atoms with E-state index in [0.29, 0.717) is 28.7 Å². The van der Waals surface area contributed by atoms with Crippen molar-refractivity contribution in [2.24, 2.45) is 0 Å². The fourth-order valence-corrected chi connectivity index (χ4v) is 2.72. The maximum Gasteiger partial charge on any atom is 0.263 e. The summed E-state index contributed by atoms with van der Waals surface area (Å²) in [6.45, 7) is 0.343. The first-order chi connectivity index (χ1) is 13.0. The normalized spacial score (nSPS) is 13.7. The van der Waals surface area contributed by atoms with Gasteiger partial charge in [-0.25, -0.2) is 0 Å². The van der Waals surface area contributed by atoms with Crippen LogP contribution in [0.1, 0.15) is 11.1 Å². The Balaban J connectivity index is 1.78. The van der Waals surface area contributed by atoms with Crippen molar-refractivity contribution in [1.82, 2.24) is 10.6 Å². The van der Waals surface area contributed by atoms with Gasteiger partial charge in [-0.15, -0.1) is 0 Å². The summed E-state index contributed by atoms with van der Waals surface area (Å²) in [6.07, 6.45) is 1.46. The van der Waals surface area contributed by atoms with Gasteiger partial charge < -0.3 is 9.47 Å². The highest BCUT2D eigenvalue weighted by atomic mass is 35.5. The van der Waals surface area contributed by atoms with Crippen molar-refractivity contribution < 1.29 is 19.1 Å². The number of carbonyl (C=O) groups excluding carboxylic acids is 2. The summed E-state index contributed by atoms with van der Waals surface area (Å²) < 4.78 is 11.1. The summed E-state index contributed by atoms with van der Waals surface area (Å²) >= 11 is 10.6. The first-order valence-corrected chi connectivity index (χ1v) is 8.68. The Morgan fingerprint density at radius 3 is 2.33 bits per heavy atom. The monoisotopic (exact) mass is 402 g/mol. The summed E-state index contributed by atoms with van der Waals surface area (Å²) in [5.41, 5.74) is 1.53. The van der Waals surface area contributed by atoms with Crippen molar-refractivity contribution in [2.45, 2.75) is 6.61 Å². The van der Waals surface area contributed by atoms with Crippen LogP contribution in [0.4, 0.5) is 0 Å². The molecule has 6 nitrogen and oxygen atoms in total. The third kappa shape index (κ3) is 4.64. The zero-order chi connectivity index (χ0) is 19.4. The lowest BCUT2D eigenvalue weighted by Gasteiger charge is -2.16. The fourth-order valence-electron chi connectivity index (χ4n) is 2.41. The van der Waals surface area contributed by atoms with Crippen LogP contribution in [0.5, 0.6) is 11.5 Å². The number of hydrogen-bond acceptors (Lipinski definition) is 5. The molecule has 0 aromatic heterocycles. The predicted molar refractivity (Wildman–Crippen MR) is 106 cm³/mol. The average molecular weight is 403 g/mol. The van der Waals surface area contributed by atoms with Crippen LogP contribution in [-0.4, -0.2) is 24.0 Å². The van der Waals surface area contributed by atoms with Crippen LogP contribution in [0, 0.1) is 0 Å². The number of amides is 2. The Hall–Kier alpha value is -2.90. The summed E-state index contributed by atoms with van der Waals surface area (Å²) in [5, 5.41) is 5.43. The molecule has 0 unspecified atom stereocenters. The Morgan fingerprint density at radius 1 is 1.04 bits per heavy atom. The smallest absolute Gasteiger partial charge is 0.263 e. The van der Waals surface area contributed by atoms with Gasteiger partial charge in [-0.1, -0.05) is 29.8 Å². The van der Waals surface area contributed by atoms with E-state index < -0.39 is 11.8 Å². The van der Waals surface area contributed by atoms with Gasteiger partial charge in [-0.2, -0.15) is 0 Å². The summed E-state index contributed by atoms with van der Waals surface area (Å²) in [6, 6.07) is 12.4. The zero-order valence-electron chi connectivity index (χ0n) is 14.2. The highest BCUT2D eigenvalue weighted by Crippen LogP contribution is 2.30. The lowest BCUT2D eigenvalue weighted by molar-refractivity contribution is -0.123. The summed E-state index contributed by atoms with van der Waals surface area (Å²) in [7, 11) is 1.51. The van der Waals surface area contributed by atoms with E-state index in [2.05, 4.69) is 10.6 Å². The van der Waals surface area contributed by atoms with E-state index in [4.69, 9.17) is 33.3 Å². The number of rotatable bonds is 5. The standard InChI is InChI=1S/C19H15ClN2O4S/c1-25-16-9-12(8-14-17(23)21-19(27)22-18(14)24)4-7-15(16)26-10-11-2-5-13(20)6-3-11/h2-9H,10H2,1H3,(H2,21,22,23,24,27). The van der Waals surface area contributed by atoms with Gasteiger partial charge in [0.25, 0.3) is 11.8 Å². The minimum atomic E-state index is -0.550. The zero-order valence-corrected chi connectivity index (χ0v) is 15.8. The van der Waals surface area contributed by atoms with Gasteiger partial charge in [0, 0.05) is 5.02 Å². The molecule has 3 rings (SSSR count). The molecule has 27 heavy (non-hydrogen) atoms. The molecule has 1 aliphatic rings. The highest BCUT2D eigenvalue weighted by Gasteiger charge is 2.25. The number of carbonyl (C=O) groups is 2. The molecule has 1 saturated heterocycles. The molecule has 2 aromatic carbocycles. The molecule has 8 heteroatoms. The molecule has 0 saturated carbocycles. The van der Waals surface area contributed by atoms with Gasteiger partial charge in [0.15, 0.2) is 16.6 Å². The molecule has 2 N–H and O–H groups in total. The molecule has 0 atom stereocenters. The number of methoxy groups -OCH3 is 1. The SMILES string of the molecule is COc1cc(C=C2C(=O)NC(=S)NC2=O)ccc1OCc1ccc(Cl)cc1. The second-order valence-electron chi connectivity index (χ2n) is 5.62. The van der Waals surface area contributed by atoms with Crippen LogP contribution in [-0.2, 0) is 16.2 Å². The van der Waals surface area contributed by atoms with E-state index in [-0.39, 0.29) is 10.7 Å². The largest absolute Gasteiger partial charge is 0.493 e. The van der Waals surface area contributed by atoms with Crippen LogP contribution in [0.3, 0.4) is 0 Å². The number of hydrogen-bond donors (Lipinski definition) is 2. The van der Waals surface area contributed by atoms with Crippen molar-refractivity contribution in [2.75, 3.05) is 7.11 Å². The van der Waals surface area contributed by atoms with Crippen LogP contribution in [0.15, 0.2) is 48.0 Å². The first kappa shape index (κ1) is 18.9. The molecule has 1 fully saturated rings. The maximum absolute atomic E-state index is 11.9. The number of benzene rings is 2. The van der Waals surface area contributed by atoms with Crippen molar-refractivity contribution in [3.8, 4) is 11.5 Å². The molecule has 138 valence electrons. The third-order valence-electron chi connectivity index (χ3n) is 3.75. The number of ether oxygens (including phenoxy) is 2. The van der Waals surface area contributed by atoms with Crippen LogP contribution >= 0.6 is 23.8 Å². The van der Waals surface area contributed by atoms with Crippen molar-refractivity contribution >= 4 is 46.8 Å². The van der Waals surface area contributed by atoms with Gasteiger partial charge in [0.1, 0.15) is 12.2 Å². The summed E-state index contributed by atoms with van der Waals surface area (Å²) in [4.78, 5) is 23.9. The van der Waals surface area contributed by atoms with Crippen molar-refractivity contribution in [3.63, 3.8) is 0 Å². The van der Waals surface area contributed by atoms with E-state index >= 15 is 0 Å². The first-order valence-electron chi connectivity index (χ1n) is 7.90. The molecule has 2 amide bonds. The van der Waals surface area contributed by atoms with Gasteiger partial charge >= 0.3 is 0 Å². The number of thiocarbonyl (C=S) groups is 1. The van der Waals surface area contributed by atoms with Gasteiger partial charge in [-0.05, 0) is 53.7 Å². The fraction of sp³-hybridized carbons (Fsp3) is 0.105. The van der Waals surface area contributed by atoms with E-state index in [1.165, 1.54) is 13.2 Å². The maximum atomic E-state index is 11.9. The Bertz CT molecular complexity index is 919. The molecule has 0 aliphatic carbocycles.